The molecule has 1 heterocycles. The summed E-state index contributed by atoms with van der Waals surface area (Å²) in [6.45, 7) is 6.26. The largest absolute Gasteiger partial charge is 0.213 e. The molecule has 1 nitrogen and oxygen atoms in total. The number of aryl methyl sites for hydroxylation is 4. The van der Waals surface area contributed by atoms with E-state index in [0.717, 1.165) is 16.8 Å². The van der Waals surface area contributed by atoms with E-state index in [2.05, 4.69) is 73.1 Å². The Balaban J connectivity index is 1.83. The van der Waals surface area contributed by atoms with Gasteiger partial charge in [-0.1, -0.05) is 48.5 Å². The zero-order valence-corrected chi connectivity index (χ0v) is 17.3. The van der Waals surface area contributed by atoms with Gasteiger partial charge in [0, 0.05) is 17.2 Å². The molecule has 3 aromatic carbocycles. The molecule has 4 aromatic rings. The average molecular weight is 383 g/mol. The highest BCUT2D eigenvalue weighted by molar-refractivity contribution is 5.77. The Labute approximate surface area is 172 Å². The highest BCUT2D eigenvalue weighted by atomic mass is 19.1. The van der Waals surface area contributed by atoms with E-state index in [1.54, 1.807) is 6.07 Å². The van der Waals surface area contributed by atoms with Gasteiger partial charge in [0.05, 0.1) is 0 Å². The van der Waals surface area contributed by atoms with Crippen LogP contribution in [0.4, 0.5) is 4.39 Å². The zero-order valence-electron chi connectivity index (χ0n) is 17.3. The van der Waals surface area contributed by atoms with Crippen LogP contribution in [0.15, 0.2) is 79.0 Å². The average Bonchev–Trinajstić information content (AvgIpc) is 2.70. The molecular weight excluding hydrogens is 357 g/mol. The Morgan fingerprint density at radius 3 is 2.00 bits per heavy atom. The summed E-state index contributed by atoms with van der Waals surface area (Å²) < 4.78 is 15.7. The Bertz CT molecular complexity index is 1190. The molecule has 0 amide bonds. The SMILES string of the molecule is Cc1cc(-c2ccccc2)ccc1-c1cc(-c2ccc(F)cc2C)[n+](C)cc1C. The van der Waals surface area contributed by atoms with E-state index in [1.165, 1.54) is 39.4 Å². The molecule has 0 atom stereocenters. The van der Waals surface area contributed by atoms with Gasteiger partial charge in [0.2, 0.25) is 5.69 Å². The second-order valence-electron chi connectivity index (χ2n) is 7.72. The lowest BCUT2D eigenvalue weighted by atomic mass is 9.92. The molecule has 0 saturated heterocycles. The van der Waals surface area contributed by atoms with Gasteiger partial charge in [0.1, 0.15) is 12.9 Å². The van der Waals surface area contributed by atoms with Crippen LogP contribution in [-0.2, 0) is 7.05 Å². The van der Waals surface area contributed by atoms with Gasteiger partial charge in [0.25, 0.3) is 0 Å². The van der Waals surface area contributed by atoms with Crippen LogP contribution in [0.3, 0.4) is 0 Å². The van der Waals surface area contributed by atoms with E-state index in [0.29, 0.717) is 0 Å². The molecule has 4 rings (SSSR count). The maximum Gasteiger partial charge on any atom is 0.213 e. The molecule has 144 valence electrons. The lowest BCUT2D eigenvalue weighted by Crippen LogP contribution is -2.31. The highest BCUT2D eigenvalue weighted by Gasteiger charge is 2.18. The molecule has 0 N–H and O–H groups in total. The maximum atomic E-state index is 13.6. The summed E-state index contributed by atoms with van der Waals surface area (Å²) in [6, 6.07) is 24.3. The minimum Gasteiger partial charge on any atom is -0.207 e. The lowest BCUT2D eigenvalue weighted by molar-refractivity contribution is -0.660. The van der Waals surface area contributed by atoms with E-state index in [9.17, 15) is 4.39 Å². The van der Waals surface area contributed by atoms with Crippen molar-refractivity contribution in [1.82, 2.24) is 0 Å². The number of rotatable bonds is 3. The summed E-state index contributed by atoms with van der Waals surface area (Å²) in [5.74, 6) is -0.200. The van der Waals surface area contributed by atoms with Crippen molar-refractivity contribution < 1.29 is 8.96 Å². The normalized spacial score (nSPS) is 10.9. The van der Waals surface area contributed by atoms with Crippen molar-refractivity contribution in [2.75, 3.05) is 0 Å². The van der Waals surface area contributed by atoms with Crippen molar-refractivity contribution in [3.63, 3.8) is 0 Å². The van der Waals surface area contributed by atoms with Crippen molar-refractivity contribution in [2.45, 2.75) is 20.8 Å². The summed E-state index contributed by atoms with van der Waals surface area (Å²) in [5, 5.41) is 0. The molecule has 1 aromatic heterocycles. The number of aromatic nitrogens is 1. The standard InChI is InChI=1S/C27H25FN/c1-18-14-22(21-8-6-5-7-9-21)10-12-24(18)26-16-27(29(4)17-20(26)3)25-13-11-23(28)15-19(25)2/h5-17H,1-4H3/q+1. The van der Waals surface area contributed by atoms with Crippen LogP contribution >= 0.6 is 0 Å². The minimum absolute atomic E-state index is 0.200. The third-order valence-electron chi connectivity index (χ3n) is 5.56. The zero-order chi connectivity index (χ0) is 20.5. The monoisotopic (exact) mass is 382 g/mol. The quantitative estimate of drug-likeness (QED) is 0.353. The van der Waals surface area contributed by atoms with Crippen LogP contribution in [0.25, 0.3) is 33.5 Å². The smallest absolute Gasteiger partial charge is 0.207 e. The summed E-state index contributed by atoms with van der Waals surface area (Å²) in [6.07, 6.45) is 2.15. The minimum atomic E-state index is -0.200. The van der Waals surface area contributed by atoms with Gasteiger partial charge in [-0.2, -0.15) is 0 Å². The Hall–Kier alpha value is -3.26. The molecule has 0 radical (unpaired) electrons. The Morgan fingerprint density at radius 2 is 1.31 bits per heavy atom. The van der Waals surface area contributed by atoms with Crippen LogP contribution in [0.5, 0.6) is 0 Å². The second kappa shape index (κ2) is 7.63. The number of pyridine rings is 1. The van der Waals surface area contributed by atoms with Crippen LogP contribution < -0.4 is 4.57 Å². The van der Waals surface area contributed by atoms with Crippen molar-refractivity contribution in [3.8, 4) is 33.5 Å². The third-order valence-corrected chi connectivity index (χ3v) is 5.56. The Morgan fingerprint density at radius 1 is 0.621 bits per heavy atom. The van der Waals surface area contributed by atoms with Gasteiger partial charge < -0.3 is 0 Å². The summed E-state index contributed by atoms with van der Waals surface area (Å²) >= 11 is 0. The van der Waals surface area contributed by atoms with Gasteiger partial charge in [-0.25, -0.2) is 8.96 Å². The van der Waals surface area contributed by atoms with Gasteiger partial charge in [-0.05, 0) is 72.4 Å². The van der Waals surface area contributed by atoms with Crippen LogP contribution in [0, 0.1) is 26.6 Å². The van der Waals surface area contributed by atoms with Gasteiger partial charge in [-0.3, -0.25) is 0 Å². The number of hydrogen-bond acceptors (Lipinski definition) is 0. The predicted molar refractivity (Wildman–Crippen MR) is 118 cm³/mol. The predicted octanol–water partition coefficient (Wildman–Crippen LogP) is 6.58. The van der Waals surface area contributed by atoms with E-state index < -0.39 is 0 Å². The van der Waals surface area contributed by atoms with Crippen molar-refractivity contribution in [1.29, 1.82) is 0 Å². The summed E-state index contributed by atoms with van der Waals surface area (Å²) in [5.41, 5.74) is 10.4. The first-order valence-electron chi connectivity index (χ1n) is 9.87. The molecule has 0 spiro atoms. The van der Waals surface area contributed by atoms with Crippen LogP contribution in [0.2, 0.25) is 0 Å². The summed E-state index contributed by atoms with van der Waals surface area (Å²) in [4.78, 5) is 0. The molecule has 0 aliphatic rings. The van der Waals surface area contributed by atoms with Crippen LogP contribution in [0.1, 0.15) is 16.7 Å². The molecule has 29 heavy (non-hydrogen) atoms. The van der Waals surface area contributed by atoms with Gasteiger partial charge >= 0.3 is 0 Å². The third kappa shape index (κ3) is 3.71. The summed E-state index contributed by atoms with van der Waals surface area (Å²) in [7, 11) is 2.04. The van der Waals surface area contributed by atoms with E-state index in [-0.39, 0.29) is 5.82 Å². The topological polar surface area (TPSA) is 3.88 Å². The first-order chi connectivity index (χ1) is 13.9. The van der Waals surface area contributed by atoms with Crippen molar-refractivity contribution in [2.24, 2.45) is 7.05 Å². The molecule has 0 bridgehead atoms. The molecule has 0 saturated carbocycles. The fraction of sp³-hybridized carbons (Fsp3) is 0.148. The first kappa shape index (κ1) is 19.1. The first-order valence-corrected chi connectivity index (χ1v) is 9.87. The van der Waals surface area contributed by atoms with E-state index in [1.807, 2.05) is 26.1 Å². The second-order valence-corrected chi connectivity index (χ2v) is 7.72. The fourth-order valence-electron chi connectivity index (χ4n) is 4.03. The maximum absolute atomic E-state index is 13.6. The van der Waals surface area contributed by atoms with Crippen LogP contribution in [-0.4, -0.2) is 0 Å². The number of nitrogens with zero attached hydrogens (tertiary/aromatic N) is 1. The van der Waals surface area contributed by atoms with Gasteiger partial charge in [-0.15, -0.1) is 0 Å². The molecule has 2 heteroatoms. The molecule has 0 unspecified atom stereocenters. The van der Waals surface area contributed by atoms with Crippen molar-refractivity contribution in [3.05, 3.63) is 102 Å². The fourth-order valence-corrected chi connectivity index (χ4v) is 4.03. The molecule has 0 aliphatic heterocycles. The molecule has 0 aliphatic carbocycles. The number of halogens is 1. The van der Waals surface area contributed by atoms with E-state index >= 15 is 0 Å². The number of hydrogen-bond donors (Lipinski definition) is 0. The lowest BCUT2D eigenvalue weighted by Gasteiger charge is -2.13. The van der Waals surface area contributed by atoms with E-state index in [4.69, 9.17) is 0 Å². The van der Waals surface area contributed by atoms with Gasteiger partial charge in [0.15, 0.2) is 6.20 Å². The molecular formula is C27H25FN+. The number of benzene rings is 3. The Kier molecular flexibility index (Phi) is 5.02. The molecule has 0 fully saturated rings. The highest BCUT2D eigenvalue weighted by Crippen LogP contribution is 2.32. The van der Waals surface area contributed by atoms with Crippen molar-refractivity contribution >= 4 is 0 Å².